The predicted octanol–water partition coefficient (Wildman–Crippen LogP) is 5.90. The summed E-state index contributed by atoms with van der Waals surface area (Å²) in [4.78, 5) is 45.8. The van der Waals surface area contributed by atoms with Crippen molar-refractivity contribution < 1.29 is 24.3 Å². The second-order valence-electron chi connectivity index (χ2n) is 8.37. The zero-order valence-corrected chi connectivity index (χ0v) is 19.0. The monoisotopic (exact) mass is 460 g/mol. The number of carbonyl (C=O) groups is 2. The van der Waals surface area contributed by atoms with Crippen LogP contribution in [0.3, 0.4) is 0 Å². The molecule has 1 N–H and O–H groups in total. The molecule has 0 radical (unpaired) electrons. The van der Waals surface area contributed by atoms with Gasteiger partial charge in [0.2, 0.25) is 0 Å². The van der Waals surface area contributed by atoms with E-state index < -0.39 is 16.5 Å². The molecule has 1 amide bonds. The highest BCUT2D eigenvalue weighted by atomic mass is 17.2. The molecule has 0 aliphatic carbocycles. The standard InChI is InChI=1S/C26H24N2O6/c1-26(2,3)34-33-25(30)22-16-13-19(10-9-18-11-14-21(15-12-18)28(31)32)17-23(22)27-24(29)20-7-5-4-6-8-20/h4-17H,1-3H3,(H,27,29)/b10-9+. The zero-order chi connectivity index (χ0) is 24.7. The van der Waals surface area contributed by atoms with Gasteiger partial charge in [-0.05, 0) is 68.3 Å². The molecule has 3 rings (SSSR count). The minimum absolute atomic E-state index is 0.00315. The molecular weight excluding hydrogens is 436 g/mol. The van der Waals surface area contributed by atoms with E-state index in [1.54, 1.807) is 87.5 Å². The van der Waals surface area contributed by atoms with Crippen LogP contribution in [0.15, 0.2) is 72.8 Å². The minimum atomic E-state index is -0.746. The van der Waals surface area contributed by atoms with E-state index in [0.717, 1.165) is 5.56 Å². The third-order valence-electron chi connectivity index (χ3n) is 4.49. The van der Waals surface area contributed by atoms with Crippen LogP contribution in [0.5, 0.6) is 0 Å². The number of hydrogen-bond donors (Lipinski definition) is 1. The minimum Gasteiger partial charge on any atom is -0.321 e. The predicted molar refractivity (Wildman–Crippen MR) is 129 cm³/mol. The first-order valence-electron chi connectivity index (χ1n) is 10.5. The lowest BCUT2D eigenvalue weighted by molar-refractivity contribution is -0.384. The van der Waals surface area contributed by atoms with Crippen LogP contribution in [0.25, 0.3) is 12.2 Å². The van der Waals surface area contributed by atoms with Crippen molar-refractivity contribution >= 4 is 35.4 Å². The zero-order valence-electron chi connectivity index (χ0n) is 19.0. The molecule has 0 saturated heterocycles. The average molecular weight is 460 g/mol. The van der Waals surface area contributed by atoms with Crippen molar-refractivity contribution in [1.29, 1.82) is 0 Å². The average Bonchev–Trinajstić information content (AvgIpc) is 2.81. The summed E-state index contributed by atoms with van der Waals surface area (Å²) in [5.74, 6) is -1.13. The Hall–Kier alpha value is -4.30. The van der Waals surface area contributed by atoms with Gasteiger partial charge in [0.05, 0.1) is 16.2 Å². The number of nitrogens with zero attached hydrogens (tertiary/aromatic N) is 1. The van der Waals surface area contributed by atoms with Gasteiger partial charge in [0, 0.05) is 17.7 Å². The molecule has 3 aromatic carbocycles. The summed E-state index contributed by atoms with van der Waals surface area (Å²) in [6.45, 7) is 5.22. The maximum atomic E-state index is 12.7. The molecule has 8 nitrogen and oxygen atoms in total. The molecule has 174 valence electrons. The van der Waals surface area contributed by atoms with Crippen molar-refractivity contribution in [3.05, 3.63) is 105 Å². The van der Waals surface area contributed by atoms with Crippen molar-refractivity contribution in [1.82, 2.24) is 0 Å². The van der Waals surface area contributed by atoms with Crippen molar-refractivity contribution in [3.63, 3.8) is 0 Å². The van der Waals surface area contributed by atoms with Crippen LogP contribution in [0.1, 0.15) is 52.6 Å². The van der Waals surface area contributed by atoms with E-state index in [4.69, 9.17) is 9.78 Å². The van der Waals surface area contributed by atoms with Gasteiger partial charge in [0.15, 0.2) is 0 Å². The molecule has 8 heteroatoms. The van der Waals surface area contributed by atoms with Gasteiger partial charge >= 0.3 is 5.97 Å². The molecule has 3 aromatic rings. The number of hydrogen-bond acceptors (Lipinski definition) is 6. The number of rotatable bonds is 7. The summed E-state index contributed by atoms with van der Waals surface area (Å²) < 4.78 is 0. The number of amides is 1. The molecule has 0 aliphatic heterocycles. The van der Waals surface area contributed by atoms with E-state index in [9.17, 15) is 19.7 Å². The molecule has 34 heavy (non-hydrogen) atoms. The van der Waals surface area contributed by atoms with E-state index >= 15 is 0 Å². The molecule has 0 saturated carbocycles. The fourth-order valence-corrected chi connectivity index (χ4v) is 2.84. The van der Waals surface area contributed by atoms with Crippen LogP contribution in [0.2, 0.25) is 0 Å². The topological polar surface area (TPSA) is 108 Å². The number of nitro groups is 1. The van der Waals surface area contributed by atoms with E-state index in [1.165, 1.54) is 18.2 Å². The van der Waals surface area contributed by atoms with Gasteiger partial charge in [-0.3, -0.25) is 19.8 Å². The summed E-state index contributed by atoms with van der Waals surface area (Å²) in [5, 5.41) is 13.6. The summed E-state index contributed by atoms with van der Waals surface area (Å²) in [7, 11) is 0. The Bertz CT molecular complexity index is 1210. The van der Waals surface area contributed by atoms with Crippen LogP contribution in [-0.2, 0) is 9.78 Å². The Morgan fingerprint density at radius 2 is 1.53 bits per heavy atom. The summed E-state index contributed by atoms with van der Waals surface area (Å²) in [6, 6.07) is 19.5. The highest BCUT2D eigenvalue weighted by Gasteiger charge is 2.20. The smallest absolute Gasteiger partial charge is 0.321 e. The van der Waals surface area contributed by atoms with Crippen molar-refractivity contribution in [3.8, 4) is 0 Å². The van der Waals surface area contributed by atoms with Crippen molar-refractivity contribution in [2.24, 2.45) is 0 Å². The third-order valence-corrected chi connectivity index (χ3v) is 4.49. The number of nitrogens with one attached hydrogen (secondary N) is 1. The van der Waals surface area contributed by atoms with Crippen molar-refractivity contribution in [2.45, 2.75) is 26.4 Å². The SMILES string of the molecule is CC(C)(C)OOC(=O)c1ccc(/C=C/c2ccc([N+](=O)[O-])cc2)cc1NC(=O)c1ccccc1. The van der Waals surface area contributed by atoms with Gasteiger partial charge in [0.25, 0.3) is 11.6 Å². The Kier molecular flexibility index (Phi) is 7.55. The fraction of sp³-hybridized carbons (Fsp3) is 0.154. The Balaban J connectivity index is 1.88. The lowest BCUT2D eigenvalue weighted by Gasteiger charge is -2.17. The maximum absolute atomic E-state index is 12.7. The number of anilines is 1. The number of nitro benzene ring substituents is 1. The van der Waals surface area contributed by atoms with E-state index in [1.807, 2.05) is 0 Å². The molecule has 0 aliphatic rings. The second-order valence-corrected chi connectivity index (χ2v) is 8.37. The number of benzene rings is 3. The summed E-state index contributed by atoms with van der Waals surface area (Å²) >= 11 is 0. The Morgan fingerprint density at radius 3 is 2.15 bits per heavy atom. The maximum Gasteiger partial charge on any atom is 0.375 e. The van der Waals surface area contributed by atoms with Gasteiger partial charge in [-0.25, -0.2) is 4.79 Å². The molecule has 0 heterocycles. The first kappa shape index (κ1) is 24.3. The molecule has 0 bridgehead atoms. The lowest BCUT2D eigenvalue weighted by Crippen LogP contribution is -2.23. The lowest BCUT2D eigenvalue weighted by atomic mass is 10.1. The summed E-state index contributed by atoms with van der Waals surface area (Å²) in [5.41, 5.74) is 1.56. The van der Waals surface area contributed by atoms with Crippen LogP contribution in [-0.4, -0.2) is 22.4 Å². The first-order valence-corrected chi connectivity index (χ1v) is 10.5. The first-order chi connectivity index (χ1) is 16.1. The second kappa shape index (κ2) is 10.5. The van der Waals surface area contributed by atoms with Crippen LogP contribution < -0.4 is 5.32 Å². The Labute approximate surface area is 196 Å². The normalized spacial score (nSPS) is 11.3. The highest BCUT2D eigenvalue weighted by Crippen LogP contribution is 2.23. The quantitative estimate of drug-likeness (QED) is 0.203. The van der Waals surface area contributed by atoms with Crippen LogP contribution >= 0.6 is 0 Å². The van der Waals surface area contributed by atoms with Gasteiger partial charge in [-0.2, -0.15) is 4.89 Å². The number of non-ortho nitro benzene ring substituents is 1. The Morgan fingerprint density at radius 1 is 0.912 bits per heavy atom. The molecule has 0 atom stereocenters. The van der Waals surface area contributed by atoms with Crippen LogP contribution in [0, 0.1) is 10.1 Å². The molecule has 0 spiro atoms. The van der Waals surface area contributed by atoms with Gasteiger partial charge in [0.1, 0.15) is 5.60 Å². The van der Waals surface area contributed by atoms with E-state index in [0.29, 0.717) is 11.1 Å². The van der Waals surface area contributed by atoms with E-state index in [-0.39, 0.29) is 22.8 Å². The molecule has 0 aromatic heterocycles. The summed E-state index contributed by atoms with van der Waals surface area (Å²) in [6.07, 6.45) is 3.53. The number of carbonyl (C=O) groups excluding carboxylic acids is 2. The van der Waals surface area contributed by atoms with Gasteiger partial charge in [-0.1, -0.05) is 36.4 Å². The van der Waals surface area contributed by atoms with Crippen molar-refractivity contribution in [2.75, 3.05) is 5.32 Å². The largest absolute Gasteiger partial charge is 0.375 e. The molecule has 0 unspecified atom stereocenters. The van der Waals surface area contributed by atoms with Gasteiger partial charge in [-0.15, -0.1) is 0 Å². The van der Waals surface area contributed by atoms with Crippen LogP contribution in [0.4, 0.5) is 11.4 Å². The fourth-order valence-electron chi connectivity index (χ4n) is 2.84. The van der Waals surface area contributed by atoms with Gasteiger partial charge < -0.3 is 5.32 Å². The molecular formula is C26H24N2O6. The molecule has 0 fully saturated rings. The third kappa shape index (κ3) is 6.85. The van der Waals surface area contributed by atoms with E-state index in [2.05, 4.69) is 5.32 Å². The highest BCUT2D eigenvalue weighted by molar-refractivity contribution is 6.08.